The van der Waals surface area contributed by atoms with E-state index in [2.05, 4.69) is 9.88 Å². The van der Waals surface area contributed by atoms with Crippen LogP contribution in [0.4, 0.5) is 8.78 Å². The summed E-state index contributed by atoms with van der Waals surface area (Å²) in [6.07, 6.45) is 6.27. The summed E-state index contributed by atoms with van der Waals surface area (Å²) in [5, 5.41) is 21.3. The molecule has 0 unspecified atom stereocenters. The maximum absolute atomic E-state index is 13.9. The number of carboxylic acid groups (broad SMARTS) is 1. The molecule has 4 rings (SSSR count). The van der Waals surface area contributed by atoms with Gasteiger partial charge in [-0.3, -0.25) is 9.78 Å². The van der Waals surface area contributed by atoms with E-state index < -0.39 is 23.7 Å². The number of likely N-dealkylation sites (tertiary alicyclic amines) is 1. The Balaban J connectivity index is 1.32. The minimum atomic E-state index is -0.808. The summed E-state index contributed by atoms with van der Waals surface area (Å²) in [7, 11) is 1.61. The number of rotatable bonds is 13. The first kappa shape index (κ1) is 28.9. The number of aliphatic carboxylic acids is 1. The lowest BCUT2D eigenvalue weighted by molar-refractivity contribution is -0.137. The van der Waals surface area contributed by atoms with Crippen LogP contribution < -0.4 is 4.74 Å². The SMILES string of the molecule is COc1ccc2nccc([C@H](O)CC[C@@H]3CCN(CCCCc4cccc(F)c4F)C[C@H]3CCC(=O)O)c2c1. The Morgan fingerprint density at radius 3 is 2.79 bits per heavy atom. The summed E-state index contributed by atoms with van der Waals surface area (Å²) >= 11 is 0. The molecule has 0 amide bonds. The third kappa shape index (κ3) is 7.73. The van der Waals surface area contributed by atoms with Gasteiger partial charge in [-0.1, -0.05) is 12.1 Å². The first-order valence-corrected chi connectivity index (χ1v) is 13.8. The summed E-state index contributed by atoms with van der Waals surface area (Å²) in [6, 6.07) is 11.8. The molecule has 1 aliphatic heterocycles. The first-order valence-electron chi connectivity index (χ1n) is 13.8. The van der Waals surface area contributed by atoms with E-state index in [1.165, 1.54) is 6.07 Å². The van der Waals surface area contributed by atoms with Crippen LogP contribution in [0.5, 0.6) is 5.75 Å². The molecule has 2 heterocycles. The molecule has 3 atom stereocenters. The second-order valence-electron chi connectivity index (χ2n) is 10.6. The normalized spacial score (nSPS) is 18.8. The molecule has 3 aromatic rings. The molecule has 8 heteroatoms. The minimum absolute atomic E-state index is 0.130. The molecule has 1 fully saturated rings. The van der Waals surface area contributed by atoms with Crippen molar-refractivity contribution < 1.29 is 28.5 Å². The van der Waals surface area contributed by atoms with E-state index in [4.69, 9.17) is 4.74 Å². The van der Waals surface area contributed by atoms with Crippen LogP contribution in [0.25, 0.3) is 10.9 Å². The van der Waals surface area contributed by atoms with Gasteiger partial charge in [0, 0.05) is 24.5 Å². The lowest BCUT2D eigenvalue weighted by atomic mass is 9.79. The average Bonchev–Trinajstić information content (AvgIpc) is 2.94. The van der Waals surface area contributed by atoms with Crippen LogP contribution in [0.1, 0.15) is 62.2 Å². The van der Waals surface area contributed by atoms with Gasteiger partial charge < -0.3 is 19.8 Å². The molecule has 0 saturated carbocycles. The Kier molecular flexibility index (Phi) is 10.2. The molecule has 0 spiro atoms. The predicted octanol–water partition coefficient (Wildman–Crippen LogP) is 6.16. The second kappa shape index (κ2) is 13.8. The zero-order valence-corrected chi connectivity index (χ0v) is 22.5. The fraction of sp³-hybridized carbons (Fsp3) is 0.484. The van der Waals surface area contributed by atoms with Gasteiger partial charge in [-0.2, -0.15) is 0 Å². The molecule has 210 valence electrons. The highest BCUT2D eigenvalue weighted by molar-refractivity contribution is 5.83. The van der Waals surface area contributed by atoms with Gasteiger partial charge in [-0.15, -0.1) is 0 Å². The number of halogens is 2. The van der Waals surface area contributed by atoms with Gasteiger partial charge in [0.1, 0.15) is 5.75 Å². The maximum atomic E-state index is 13.9. The minimum Gasteiger partial charge on any atom is -0.497 e. The molecular weight excluding hydrogens is 502 g/mol. The summed E-state index contributed by atoms with van der Waals surface area (Å²) in [4.78, 5) is 18.1. The number of hydrogen-bond donors (Lipinski definition) is 2. The molecule has 2 N–H and O–H groups in total. The number of aliphatic hydroxyl groups excluding tert-OH is 1. The number of unbranched alkanes of at least 4 members (excludes halogenated alkanes) is 1. The van der Waals surface area contributed by atoms with Crippen LogP contribution >= 0.6 is 0 Å². The van der Waals surface area contributed by atoms with Gasteiger partial charge in [0.05, 0.1) is 18.7 Å². The number of methoxy groups -OCH3 is 1. The lowest BCUT2D eigenvalue weighted by Crippen LogP contribution is -2.41. The highest BCUT2D eigenvalue weighted by Crippen LogP contribution is 2.35. The van der Waals surface area contributed by atoms with E-state index in [9.17, 15) is 23.8 Å². The topological polar surface area (TPSA) is 82.9 Å². The van der Waals surface area contributed by atoms with E-state index in [-0.39, 0.29) is 12.3 Å². The van der Waals surface area contributed by atoms with Crippen molar-refractivity contribution in [2.75, 3.05) is 26.7 Å². The zero-order valence-electron chi connectivity index (χ0n) is 22.5. The first-order chi connectivity index (χ1) is 18.9. The van der Waals surface area contributed by atoms with E-state index in [1.807, 2.05) is 24.3 Å². The smallest absolute Gasteiger partial charge is 0.303 e. The number of nitrogens with zero attached hydrogens (tertiary/aromatic N) is 2. The molecule has 1 aromatic heterocycles. The Bertz CT molecular complexity index is 1250. The van der Waals surface area contributed by atoms with Crippen molar-refractivity contribution in [2.24, 2.45) is 11.8 Å². The second-order valence-corrected chi connectivity index (χ2v) is 10.6. The number of aliphatic hydroxyl groups is 1. The number of aromatic nitrogens is 1. The molecule has 1 saturated heterocycles. The number of piperidine rings is 1. The Morgan fingerprint density at radius 2 is 2.00 bits per heavy atom. The van der Waals surface area contributed by atoms with Crippen LogP contribution in [-0.4, -0.2) is 52.8 Å². The summed E-state index contributed by atoms with van der Waals surface area (Å²) in [5.74, 6) is -1.08. The van der Waals surface area contributed by atoms with Gasteiger partial charge in [-0.25, -0.2) is 8.78 Å². The highest BCUT2D eigenvalue weighted by atomic mass is 19.2. The number of carbonyl (C=O) groups is 1. The van der Waals surface area contributed by atoms with Crippen molar-refractivity contribution in [2.45, 2.75) is 57.5 Å². The van der Waals surface area contributed by atoms with E-state index >= 15 is 0 Å². The average molecular weight is 541 g/mol. The zero-order chi connectivity index (χ0) is 27.8. The molecule has 0 aliphatic carbocycles. The van der Waals surface area contributed by atoms with Crippen LogP contribution in [-0.2, 0) is 11.2 Å². The van der Waals surface area contributed by atoms with Gasteiger partial charge in [0.15, 0.2) is 11.6 Å². The van der Waals surface area contributed by atoms with Gasteiger partial charge in [0.25, 0.3) is 0 Å². The fourth-order valence-electron chi connectivity index (χ4n) is 5.86. The third-order valence-corrected chi connectivity index (χ3v) is 8.06. The number of hydrogen-bond acceptors (Lipinski definition) is 5. The summed E-state index contributed by atoms with van der Waals surface area (Å²) in [5.41, 5.74) is 2.04. The fourth-order valence-corrected chi connectivity index (χ4v) is 5.86. The number of aryl methyl sites for hydroxylation is 1. The summed E-state index contributed by atoms with van der Waals surface area (Å²) in [6.45, 7) is 2.58. The van der Waals surface area contributed by atoms with Gasteiger partial charge in [0.2, 0.25) is 0 Å². The molecular formula is C31H38F2N2O4. The van der Waals surface area contributed by atoms with E-state index in [0.29, 0.717) is 36.5 Å². The van der Waals surface area contributed by atoms with Crippen molar-refractivity contribution in [1.29, 1.82) is 0 Å². The van der Waals surface area contributed by atoms with E-state index in [1.54, 1.807) is 19.4 Å². The van der Waals surface area contributed by atoms with Gasteiger partial charge in [-0.05, 0) is 111 Å². The monoisotopic (exact) mass is 540 g/mol. The van der Waals surface area contributed by atoms with Crippen LogP contribution in [0.3, 0.4) is 0 Å². The van der Waals surface area contributed by atoms with Gasteiger partial charge >= 0.3 is 5.97 Å². The number of fused-ring (bicyclic) bond motifs is 1. The summed E-state index contributed by atoms with van der Waals surface area (Å²) < 4.78 is 32.7. The standard InChI is InChI=1S/C31H38F2N2O4/c1-39-24-10-11-28-26(19-24)25(14-16-34-28)29(36)12-8-21-15-18-35(20-23(21)9-13-30(37)38)17-3-2-5-22-6-4-7-27(32)31(22)33/h4,6-7,10-11,14,16,19,21,23,29,36H,2-3,5,8-9,12-13,15,17-18,20H2,1H3,(H,37,38)/t21-,23-,29-/m1/s1. The van der Waals surface area contributed by atoms with Crippen molar-refractivity contribution in [3.05, 3.63) is 71.4 Å². The van der Waals surface area contributed by atoms with Crippen LogP contribution in [0, 0.1) is 23.5 Å². The quantitative estimate of drug-likeness (QED) is 0.253. The van der Waals surface area contributed by atoms with Crippen molar-refractivity contribution in [1.82, 2.24) is 9.88 Å². The van der Waals surface area contributed by atoms with Crippen LogP contribution in [0.15, 0.2) is 48.7 Å². The molecule has 2 aromatic carbocycles. The molecule has 0 radical (unpaired) electrons. The van der Waals surface area contributed by atoms with E-state index in [0.717, 1.165) is 67.9 Å². The Hall–Kier alpha value is -3.10. The van der Waals surface area contributed by atoms with Crippen LogP contribution in [0.2, 0.25) is 0 Å². The molecule has 6 nitrogen and oxygen atoms in total. The largest absolute Gasteiger partial charge is 0.497 e. The highest BCUT2D eigenvalue weighted by Gasteiger charge is 2.30. The Labute approximate surface area is 228 Å². The third-order valence-electron chi connectivity index (χ3n) is 8.06. The number of benzene rings is 2. The molecule has 39 heavy (non-hydrogen) atoms. The van der Waals surface area contributed by atoms with Crippen molar-refractivity contribution in [3.63, 3.8) is 0 Å². The van der Waals surface area contributed by atoms with Crippen molar-refractivity contribution in [3.8, 4) is 5.75 Å². The molecule has 0 bridgehead atoms. The van der Waals surface area contributed by atoms with Crippen molar-refractivity contribution >= 4 is 16.9 Å². The predicted molar refractivity (Wildman–Crippen MR) is 147 cm³/mol. The molecule has 1 aliphatic rings. The number of carboxylic acids is 1. The lowest BCUT2D eigenvalue weighted by Gasteiger charge is -2.39. The Morgan fingerprint density at radius 1 is 1.15 bits per heavy atom. The number of pyridine rings is 1. The maximum Gasteiger partial charge on any atom is 0.303 e. The number of ether oxygens (including phenoxy) is 1.